The van der Waals surface area contributed by atoms with Crippen LogP contribution in [0.3, 0.4) is 0 Å². The molecule has 0 spiro atoms. The van der Waals surface area contributed by atoms with Gasteiger partial charge in [-0.2, -0.15) is 0 Å². The van der Waals surface area contributed by atoms with Crippen molar-refractivity contribution in [2.24, 2.45) is 5.73 Å². The van der Waals surface area contributed by atoms with Gasteiger partial charge >= 0.3 is 5.97 Å². The summed E-state index contributed by atoms with van der Waals surface area (Å²) in [6.45, 7) is 1.38. The number of hydrogen-bond donors (Lipinski definition) is 3. The largest absolute Gasteiger partial charge is 0.481 e. The fourth-order valence-corrected chi connectivity index (χ4v) is 2.40. The molecule has 19 heavy (non-hydrogen) atoms. The minimum absolute atomic E-state index is 0.352. The molecule has 0 radical (unpaired) electrons. The first-order chi connectivity index (χ1) is 8.73. The highest BCUT2D eigenvalue weighted by Crippen LogP contribution is 2.23. The number of carboxylic acid groups (broad SMARTS) is 1. The van der Waals surface area contributed by atoms with Gasteiger partial charge in [0.25, 0.3) is 0 Å². The van der Waals surface area contributed by atoms with Crippen LogP contribution in [-0.4, -0.2) is 77.3 Å². The van der Waals surface area contributed by atoms with Gasteiger partial charge in [0.1, 0.15) is 0 Å². The Kier molecular flexibility index (Phi) is 5.28. The lowest BCUT2D eigenvalue weighted by molar-refractivity contribution is -0.144. The van der Waals surface area contributed by atoms with Crippen LogP contribution < -0.4 is 5.73 Å². The molecule has 0 aliphatic carbocycles. The van der Waals surface area contributed by atoms with E-state index < -0.39 is 17.6 Å². The van der Waals surface area contributed by atoms with E-state index in [4.69, 9.17) is 10.8 Å². The topological polar surface area (TPSA) is 107 Å². The number of likely N-dealkylation sites (N-methyl/N-ethyl adjacent to an activating group) is 1. The first kappa shape index (κ1) is 15.9. The van der Waals surface area contributed by atoms with Crippen molar-refractivity contribution in [3.8, 4) is 0 Å². The summed E-state index contributed by atoms with van der Waals surface area (Å²) in [6.07, 6.45) is 0.602. The van der Waals surface area contributed by atoms with Gasteiger partial charge < -0.3 is 25.7 Å². The van der Waals surface area contributed by atoms with Crippen molar-refractivity contribution in [2.75, 3.05) is 33.7 Å². The van der Waals surface area contributed by atoms with Gasteiger partial charge in [-0.3, -0.25) is 9.59 Å². The maximum atomic E-state index is 11.9. The Labute approximate surface area is 113 Å². The van der Waals surface area contributed by atoms with Crippen LogP contribution in [0.15, 0.2) is 0 Å². The van der Waals surface area contributed by atoms with Crippen molar-refractivity contribution >= 4 is 11.9 Å². The predicted octanol–water partition coefficient (Wildman–Crippen LogP) is -1.30. The third kappa shape index (κ3) is 4.77. The Bertz CT molecular complexity index is 338. The van der Waals surface area contributed by atoms with Gasteiger partial charge in [-0.1, -0.05) is 0 Å². The molecule has 1 rings (SSSR count). The quantitative estimate of drug-likeness (QED) is 0.575. The maximum Gasteiger partial charge on any atom is 0.305 e. The van der Waals surface area contributed by atoms with Crippen molar-refractivity contribution in [1.29, 1.82) is 0 Å². The molecule has 0 aromatic heterocycles. The van der Waals surface area contributed by atoms with Crippen molar-refractivity contribution < 1.29 is 19.8 Å². The Morgan fingerprint density at radius 1 is 1.37 bits per heavy atom. The number of nitrogens with zero attached hydrogens (tertiary/aromatic N) is 2. The number of rotatable bonds is 5. The van der Waals surface area contributed by atoms with Gasteiger partial charge in [0, 0.05) is 19.6 Å². The van der Waals surface area contributed by atoms with Crippen LogP contribution in [-0.2, 0) is 9.59 Å². The summed E-state index contributed by atoms with van der Waals surface area (Å²) >= 11 is 0. The van der Waals surface area contributed by atoms with Crippen molar-refractivity contribution in [1.82, 2.24) is 9.80 Å². The molecule has 0 unspecified atom stereocenters. The second kappa shape index (κ2) is 6.31. The fraction of sp³-hybridized carbons (Fsp3) is 0.833. The van der Waals surface area contributed by atoms with Crippen LogP contribution in [0, 0.1) is 0 Å². The molecule has 1 saturated heterocycles. The zero-order valence-corrected chi connectivity index (χ0v) is 11.5. The maximum absolute atomic E-state index is 11.9. The summed E-state index contributed by atoms with van der Waals surface area (Å²) in [4.78, 5) is 25.9. The van der Waals surface area contributed by atoms with Crippen LogP contribution >= 0.6 is 0 Å². The lowest BCUT2D eigenvalue weighted by Crippen LogP contribution is -2.54. The number of carboxylic acids is 1. The first-order valence-corrected chi connectivity index (χ1v) is 6.37. The molecule has 0 aromatic carbocycles. The zero-order valence-electron chi connectivity index (χ0n) is 11.5. The minimum atomic E-state index is -1.08. The molecule has 7 nitrogen and oxygen atoms in total. The third-order valence-electron chi connectivity index (χ3n) is 3.33. The molecule has 1 amide bonds. The molecule has 7 heteroatoms. The second-order valence-electron chi connectivity index (χ2n) is 5.49. The van der Waals surface area contributed by atoms with Gasteiger partial charge in [-0.15, -0.1) is 0 Å². The van der Waals surface area contributed by atoms with Gasteiger partial charge in [0.15, 0.2) is 0 Å². The highest BCUT2D eigenvalue weighted by atomic mass is 16.4. The fourth-order valence-electron chi connectivity index (χ4n) is 2.40. The highest BCUT2D eigenvalue weighted by Gasteiger charge is 2.35. The zero-order chi connectivity index (χ0) is 14.6. The lowest BCUT2D eigenvalue weighted by Gasteiger charge is -2.40. The Hall–Kier alpha value is -1.18. The number of aliphatic hydroxyl groups is 1. The molecule has 1 aliphatic heterocycles. The van der Waals surface area contributed by atoms with E-state index in [2.05, 4.69) is 0 Å². The Morgan fingerprint density at radius 3 is 2.32 bits per heavy atom. The van der Waals surface area contributed by atoms with Crippen LogP contribution in [0.5, 0.6) is 0 Å². The Balaban J connectivity index is 2.49. The number of hydrogen-bond acceptors (Lipinski definition) is 5. The van der Waals surface area contributed by atoms with Crippen LogP contribution in [0.25, 0.3) is 0 Å². The van der Waals surface area contributed by atoms with E-state index in [-0.39, 0.29) is 12.3 Å². The molecule has 1 fully saturated rings. The predicted molar refractivity (Wildman–Crippen MR) is 69.5 cm³/mol. The van der Waals surface area contributed by atoms with E-state index in [1.54, 1.807) is 0 Å². The molecule has 0 bridgehead atoms. The number of likely N-dealkylation sites (tertiary alicyclic amines) is 1. The van der Waals surface area contributed by atoms with Crippen molar-refractivity contribution in [3.05, 3.63) is 0 Å². The molecule has 0 saturated carbocycles. The number of nitrogens with two attached hydrogens (primary N) is 1. The van der Waals surface area contributed by atoms with Crippen LogP contribution in [0.1, 0.15) is 19.3 Å². The second-order valence-corrected chi connectivity index (χ2v) is 5.49. The molecule has 1 aliphatic rings. The first-order valence-electron chi connectivity index (χ1n) is 6.37. The molecule has 1 heterocycles. The summed E-state index contributed by atoms with van der Waals surface area (Å²) in [5.74, 6) is -1.43. The van der Waals surface area contributed by atoms with Gasteiger partial charge in [0.2, 0.25) is 5.91 Å². The van der Waals surface area contributed by atoms with Crippen molar-refractivity contribution in [3.63, 3.8) is 0 Å². The van der Waals surface area contributed by atoms with E-state index in [0.717, 1.165) is 0 Å². The number of amides is 1. The summed E-state index contributed by atoms with van der Waals surface area (Å²) < 4.78 is 0. The molecular formula is C12H23N3O4. The number of aliphatic carboxylic acids is 1. The van der Waals surface area contributed by atoms with E-state index in [1.165, 1.54) is 4.90 Å². The highest BCUT2D eigenvalue weighted by molar-refractivity contribution is 5.86. The van der Waals surface area contributed by atoms with Gasteiger partial charge in [0.05, 0.1) is 18.1 Å². The van der Waals surface area contributed by atoms with E-state index >= 15 is 0 Å². The van der Waals surface area contributed by atoms with Gasteiger partial charge in [-0.05, 0) is 26.9 Å². The van der Waals surface area contributed by atoms with E-state index in [0.29, 0.717) is 32.5 Å². The molecule has 0 aromatic rings. The summed E-state index contributed by atoms with van der Waals surface area (Å²) in [5.41, 5.74) is 4.77. The number of carbonyl (C=O) groups excluding carboxylic acids is 1. The van der Waals surface area contributed by atoms with Gasteiger partial charge in [-0.25, -0.2) is 0 Å². The summed E-state index contributed by atoms with van der Waals surface area (Å²) in [5, 5.41) is 18.9. The standard InChI is InChI=1S/C12H23N3O4/c1-14(2)8-12(19)3-5-15(6-4-12)11(18)9(13)7-10(16)17/h9,19H,3-8,13H2,1-2H3,(H,16,17)/t9-/m0/s1. The molecule has 4 N–H and O–H groups in total. The lowest BCUT2D eigenvalue weighted by atomic mass is 9.90. The monoisotopic (exact) mass is 273 g/mol. The van der Waals surface area contributed by atoms with E-state index in [9.17, 15) is 14.7 Å². The average Bonchev–Trinajstić information content (AvgIpc) is 2.26. The van der Waals surface area contributed by atoms with Crippen LogP contribution in [0.2, 0.25) is 0 Å². The van der Waals surface area contributed by atoms with E-state index in [1.807, 2.05) is 19.0 Å². The molecular weight excluding hydrogens is 250 g/mol. The molecule has 110 valence electrons. The number of piperidine rings is 1. The smallest absolute Gasteiger partial charge is 0.305 e. The minimum Gasteiger partial charge on any atom is -0.481 e. The third-order valence-corrected chi connectivity index (χ3v) is 3.33. The molecule has 1 atom stereocenters. The normalized spacial score (nSPS) is 20.4. The average molecular weight is 273 g/mol. The van der Waals surface area contributed by atoms with Crippen molar-refractivity contribution in [2.45, 2.75) is 30.9 Å². The summed E-state index contributed by atoms with van der Waals surface area (Å²) in [6, 6.07) is -1.00. The summed E-state index contributed by atoms with van der Waals surface area (Å²) in [7, 11) is 3.77. The van der Waals surface area contributed by atoms with Crippen LogP contribution in [0.4, 0.5) is 0 Å². The number of carbonyl (C=O) groups is 2. The Morgan fingerprint density at radius 2 is 1.89 bits per heavy atom. The SMILES string of the molecule is CN(C)CC1(O)CCN(C(=O)[C@@H](N)CC(=O)O)CC1.